The number of thiazole rings is 1. The predicted octanol–water partition coefficient (Wildman–Crippen LogP) is 2.62. The molecular formula is C8H9F3N3OS2+. The lowest BCUT2D eigenvalue weighted by molar-refractivity contribution is -0.379. The minimum atomic E-state index is -4.47. The first kappa shape index (κ1) is 14.1. The van der Waals surface area contributed by atoms with Crippen molar-refractivity contribution in [1.82, 2.24) is 4.98 Å². The van der Waals surface area contributed by atoms with Gasteiger partial charge in [-0.3, -0.25) is 0 Å². The third kappa shape index (κ3) is 3.24. The molecule has 2 unspecified atom stereocenters. The summed E-state index contributed by atoms with van der Waals surface area (Å²) in [5, 5.41) is 7.03. The summed E-state index contributed by atoms with van der Waals surface area (Å²) in [6.45, 7) is 1.55. The summed E-state index contributed by atoms with van der Waals surface area (Å²) in [6.07, 6.45) is -1.68. The van der Waals surface area contributed by atoms with Gasteiger partial charge in [-0.15, -0.1) is 15.3 Å². The van der Waals surface area contributed by atoms with E-state index in [1.165, 1.54) is 7.05 Å². The Hall–Kier alpha value is -0.980. The standard InChI is InChI=1S/C8H8F3N3OS2/c1-5(17(15)14(2)4-12)6-3-13-7(16-6)8(9,10)11/h3,5H,1-2H3/p+1. The van der Waals surface area contributed by atoms with Crippen LogP contribution in [0.15, 0.2) is 6.20 Å². The van der Waals surface area contributed by atoms with E-state index >= 15 is 0 Å². The largest absolute Gasteiger partial charge is 0.467 e. The average Bonchev–Trinajstić information content (AvgIpc) is 2.74. The van der Waals surface area contributed by atoms with Gasteiger partial charge in [-0.05, 0) is 6.92 Å². The van der Waals surface area contributed by atoms with E-state index in [1.807, 2.05) is 0 Å². The van der Waals surface area contributed by atoms with Gasteiger partial charge in [-0.25, -0.2) is 4.98 Å². The minimum Gasteiger partial charge on any atom is -0.305 e. The summed E-state index contributed by atoms with van der Waals surface area (Å²) in [5.41, 5.74) is 0. The van der Waals surface area contributed by atoms with Crippen LogP contribution in [0.3, 0.4) is 0 Å². The Morgan fingerprint density at radius 1 is 1.65 bits per heavy atom. The number of alkyl halides is 3. The van der Waals surface area contributed by atoms with Crippen molar-refractivity contribution in [1.29, 1.82) is 5.26 Å². The lowest BCUT2D eigenvalue weighted by Crippen LogP contribution is -2.10. The highest BCUT2D eigenvalue weighted by Gasteiger charge is 2.35. The van der Waals surface area contributed by atoms with Crippen LogP contribution in [0.5, 0.6) is 0 Å². The fraction of sp³-hybridized carbons (Fsp3) is 0.500. The first-order valence-corrected chi connectivity index (χ1v) is 6.38. The first-order valence-electron chi connectivity index (χ1n) is 4.36. The molecule has 0 saturated carbocycles. The third-order valence-electron chi connectivity index (χ3n) is 1.90. The van der Waals surface area contributed by atoms with Crippen molar-refractivity contribution >= 4 is 22.3 Å². The summed E-state index contributed by atoms with van der Waals surface area (Å²) >= 11 is 0.479. The smallest absolute Gasteiger partial charge is 0.305 e. The maximum absolute atomic E-state index is 12.3. The molecule has 0 saturated heterocycles. The van der Waals surface area contributed by atoms with Gasteiger partial charge in [0.25, 0.3) is 0 Å². The van der Waals surface area contributed by atoms with Gasteiger partial charge in [0.05, 0.1) is 12.3 Å². The summed E-state index contributed by atoms with van der Waals surface area (Å²) in [5.74, 6) is 0. The van der Waals surface area contributed by atoms with Crippen molar-refractivity contribution < 1.29 is 21.7 Å². The molecule has 1 rings (SSSR count). The number of aromatic nitrogens is 1. The zero-order valence-electron chi connectivity index (χ0n) is 8.89. The number of nitrogens with zero attached hydrogens (tertiary/aromatic N) is 3. The van der Waals surface area contributed by atoms with E-state index in [1.54, 1.807) is 13.1 Å². The van der Waals surface area contributed by atoms with Crippen LogP contribution in [0.1, 0.15) is 22.1 Å². The lowest BCUT2D eigenvalue weighted by Gasteiger charge is -2.06. The number of nitriles is 1. The van der Waals surface area contributed by atoms with E-state index in [0.717, 1.165) is 10.1 Å². The number of rotatable bonds is 2. The molecule has 1 aromatic heterocycles. The number of hydrogen-bond donors (Lipinski definition) is 1. The second kappa shape index (κ2) is 5.12. The van der Waals surface area contributed by atoms with Crippen LogP contribution in [0.25, 0.3) is 0 Å². The Balaban J connectivity index is 3.04. The molecular weight excluding hydrogens is 275 g/mol. The van der Waals surface area contributed by atoms with Gasteiger partial charge in [0.1, 0.15) is 11.0 Å². The first-order chi connectivity index (χ1) is 7.77. The van der Waals surface area contributed by atoms with Crippen LogP contribution in [0.2, 0.25) is 0 Å². The molecule has 1 heterocycles. The van der Waals surface area contributed by atoms with Crippen molar-refractivity contribution in [3.63, 3.8) is 0 Å². The third-order valence-corrected chi connectivity index (χ3v) is 4.81. The van der Waals surface area contributed by atoms with E-state index in [0.29, 0.717) is 16.2 Å². The Labute approximate surface area is 102 Å². The maximum Gasteiger partial charge on any atom is 0.467 e. The van der Waals surface area contributed by atoms with Crippen LogP contribution in [-0.2, 0) is 17.1 Å². The van der Waals surface area contributed by atoms with Gasteiger partial charge in [-0.2, -0.15) is 13.2 Å². The topological polar surface area (TPSA) is 59.9 Å². The normalized spacial score (nSPS) is 16.2. The number of halogens is 3. The Kier molecular flexibility index (Phi) is 4.24. The molecule has 1 aromatic rings. The summed E-state index contributed by atoms with van der Waals surface area (Å²) < 4.78 is 47.6. The fourth-order valence-corrected chi connectivity index (χ4v) is 2.93. The van der Waals surface area contributed by atoms with Crippen molar-refractivity contribution in [2.24, 2.45) is 0 Å². The van der Waals surface area contributed by atoms with Crippen molar-refractivity contribution in [3.8, 4) is 6.19 Å². The highest BCUT2D eigenvalue weighted by Crippen LogP contribution is 2.35. The van der Waals surface area contributed by atoms with Crippen molar-refractivity contribution in [3.05, 3.63) is 16.1 Å². The predicted molar refractivity (Wildman–Crippen MR) is 57.3 cm³/mol. The molecule has 1 N–H and O–H groups in total. The van der Waals surface area contributed by atoms with Gasteiger partial charge in [0, 0.05) is 11.1 Å². The van der Waals surface area contributed by atoms with Crippen LogP contribution >= 0.6 is 11.3 Å². The average molecular weight is 284 g/mol. The summed E-state index contributed by atoms with van der Waals surface area (Å²) in [4.78, 5) is 3.56. The van der Waals surface area contributed by atoms with E-state index in [4.69, 9.17) is 5.26 Å². The zero-order valence-corrected chi connectivity index (χ0v) is 10.5. The second-order valence-corrected chi connectivity index (χ2v) is 6.00. The van der Waals surface area contributed by atoms with Crippen LogP contribution in [0.4, 0.5) is 13.2 Å². The van der Waals surface area contributed by atoms with Crippen LogP contribution in [0, 0.1) is 11.5 Å². The highest BCUT2D eigenvalue weighted by molar-refractivity contribution is 7.79. The molecule has 0 fully saturated rings. The van der Waals surface area contributed by atoms with Gasteiger partial charge >= 0.3 is 12.4 Å². The number of hydrogen-bond acceptors (Lipinski definition) is 3. The van der Waals surface area contributed by atoms with Gasteiger partial charge in [-0.1, -0.05) is 0 Å². The molecule has 9 heteroatoms. The summed E-state index contributed by atoms with van der Waals surface area (Å²) in [6, 6.07) is 0. The molecule has 0 bridgehead atoms. The van der Waals surface area contributed by atoms with Gasteiger partial charge < -0.3 is 4.55 Å². The zero-order chi connectivity index (χ0) is 13.2. The Morgan fingerprint density at radius 2 is 2.24 bits per heavy atom. The molecule has 0 aliphatic rings. The Bertz CT molecular complexity index is 489. The molecule has 0 aliphatic carbocycles. The SMILES string of the molecule is CC(c1cnc(C(F)(F)F)s1)S(O)=[N+](C)C#N. The molecule has 17 heavy (non-hydrogen) atoms. The Morgan fingerprint density at radius 3 is 2.65 bits per heavy atom. The van der Waals surface area contributed by atoms with E-state index in [-0.39, 0.29) is 0 Å². The second-order valence-electron chi connectivity index (χ2n) is 3.10. The summed E-state index contributed by atoms with van der Waals surface area (Å²) in [7, 11) is -0.0823. The molecule has 0 aliphatic heterocycles. The molecule has 0 amide bonds. The molecule has 0 spiro atoms. The minimum absolute atomic E-state index is 0.297. The van der Waals surface area contributed by atoms with Crippen molar-refractivity contribution in [2.75, 3.05) is 7.05 Å². The van der Waals surface area contributed by atoms with Crippen molar-refractivity contribution in [2.45, 2.75) is 18.3 Å². The molecule has 94 valence electrons. The van der Waals surface area contributed by atoms with Gasteiger partial charge in [0.15, 0.2) is 10.3 Å². The van der Waals surface area contributed by atoms with Crippen LogP contribution in [-0.4, -0.2) is 20.5 Å². The molecule has 0 radical (unpaired) electrons. The van der Waals surface area contributed by atoms with Gasteiger partial charge in [0.2, 0.25) is 0 Å². The monoisotopic (exact) mass is 284 g/mol. The highest BCUT2D eigenvalue weighted by atomic mass is 32.2. The van der Waals surface area contributed by atoms with E-state index in [2.05, 4.69) is 4.98 Å². The quantitative estimate of drug-likeness (QED) is 0.516. The van der Waals surface area contributed by atoms with Crippen LogP contribution < -0.4 is 0 Å². The molecule has 4 nitrogen and oxygen atoms in total. The molecule has 2 atom stereocenters. The fourth-order valence-electron chi connectivity index (χ4n) is 0.988. The van der Waals surface area contributed by atoms with E-state index < -0.39 is 27.4 Å². The van der Waals surface area contributed by atoms with E-state index in [9.17, 15) is 17.7 Å². The molecule has 0 aromatic carbocycles. The maximum atomic E-state index is 12.3. The lowest BCUT2D eigenvalue weighted by atomic mass is 10.4.